The van der Waals surface area contributed by atoms with E-state index in [0.29, 0.717) is 20.9 Å². The molecule has 1 aromatic heterocycles. The summed E-state index contributed by atoms with van der Waals surface area (Å²) < 4.78 is 0. The number of hydrogen-bond donors (Lipinski definition) is 1. The van der Waals surface area contributed by atoms with E-state index in [9.17, 15) is 0 Å². The molecule has 0 spiro atoms. The molecule has 0 aliphatic carbocycles. The Kier molecular flexibility index (Phi) is 5.84. The smallest absolute Gasteiger partial charge is 0.141 e. The van der Waals surface area contributed by atoms with Crippen LogP contribution in [0.2, 0.25) is 15.1 Å². The van der Waals surface area contributed by atoms with E-state index in [4.69, 9.17) is 41.2 Å². The van der Waals surface area contributed by atoms with Crippen LogP contribution in [0.15, 0.2) is 70.7 Å². The maximum absolute atomic E-state index is 6.34. The second-order valence-electron chi connectivity index (χ2n) is 6.04. The van der Waals surface area contributed by atoms with E-state index in [1.165, 1.54) is 18.1 Å². The number of nitrogens with zero attached hydrogens (tertiary/aromatic N) is 2. The normalized spacial score (nSPS) is 10.7. The summed E-state index contributed by atoms with van der Waals surface area (Å²) in [5.74, 6) is 3.32. The predicted octanol–water partition coefficient (Wildman–Crippen LogP) is 7.47. The number of aromatic nitrogens is 2. The Hall–Kier alpha value is -2.42. The highest BCUT2D eigenvalue weighted by atomic mass is 35.5. The van der Waals surface area contributed by atoms with Crippen LogP contribution in [0.5, 0.6) is 0 Å². The van der Waals surface area contributed by atoms with Crippen molar-refractivity contribution in [2.24, 2.45) is 0 Å². The first-order chi connectivity index (χ1) is 14.0. The molecule has 3 nitrogen and oxygen atoms in total. The molecule has 0 unspecified atom stereocenters. The van der Waals surface area contributed by atoms with E-state index < -0.39 is 0 Å². The van der Waals surface area contributed by atoms with Crippen LogP contribution >= 0.6 is 46.6 Å². The van der Waals surface area contributed by atoms with Crippen molar-refractivity contribution in [3.63, 3.8) is 0 Å². The second kappa shape index (κ2) is 8.52. The fraction of sp³-hybridized carbons (Fsp3) is 0. The fourth-order valence-electron chi connectivity index (χ4n) is 2.74. The van der Waals surface area contributed by atoms with Crippen LogP contribution in [0, 0.1) is 12.3 Å². The topological polar surface area (TPSA) is 37.8 Å². The molecular formula is C22H12Cl3N3S. The van der Waals surface area contributed by atoms with Gasteiger partial charge in [-0.25, -0.2) is 9.97 Å². The summed E-state index contributed by atoms with van der Waals surface area (Å²) in [5.41, 5.74) is 2.29. The number of anilines is 2. The van der Waals surface area contributed by atoms with Gasteiger partial charge in [0.15, 0.2) is 0 Å². The van der Waals surface area contributed by atoms with Gasteiger partial charge in [-0.05, 0) is 54.6 Å². The van der Waals surface area contributed by atoms with Crippen LogP contribution in [-0.2, 0) is 0 Å². The summed E-state index contributed by atoms with van der Waals surface area (Å²) >= 11 is 20.1. The molecule has 0 amide bonds. The molecule has 0 saturated carbocycles. The average Bonchev–Trinajstić information content (AvgIpc) is 2.72. The van der Waals surface area contributed by atoms with Crippen molar-refractivity contribution in [1.82, 2.24) is 9.97 Å². The third-order valence-electron chi connectivity index (χ3n) is 4.11. The predicted molar refractivity (Wildman–Crippen MR) is 123 cm³/mol. The molecule has 0 fully saturated rings. The maximum Gasteiger partial charge on any atom is 0.141 e. The molecule has 29 heavy (non-hydrogen) atoms. The summed E-state index contributed by atoms with van der Waals surface area (Å²) in [6.07, 6.45) is 7.10. The Bertz CT molecular complexity index is 1270. The van der Waals surface area contributed by atoms with Crippen molar-refractivity contribution in [3.8, 4) is 12.3 Å². The number of rotatable bonds is 4. The number of nitrogens with one attached hydrogen (secondary N) is 1. The van der Waals surface area contributed by atoms with E-state index in [1.807, 2.05) is 30.3 Å². The summed E-state index contributed by atoms with van der Waals surface area (Å²) in [4.78, 5) is 10.4. The summed E-state index contributed by atoms with van der Waals surface area (Å²) in [6.45, 7) is 0. The number of benzene rings is 3. The quantitative estimate of drug-likeness (QED) is 0.323. The van der Waals surface area contributed by atoms with Crippen LogP contribution in [0.1, 0.15) is 5.56 Å². The van der Waals surface area contributed by atoms with E-state index in [2.05, 4.69) is 21.2 Å². The van der Waals surface area contributed by atoms with Gasteiger partial charge < -0.3 is 5.32 Å². The van der Waals surface area contributed by atoms with Gasteiger partial charge in [-0.2, -0.15) is 0 Å². The average molecular weight is 457 g/mol. The molecule has 4 rings (SSSR count). The van der Waals surface area contributed by atoms with E-state index in [-0.39, 0.29) is 0 Å². The molecule has 4 aromatic rings. The Labute approximate surface area is 187 Å². The minimum Gasteiger partial charge on any atom is -0.339 e. The molecule has 3 aromatic carbocycles. The maximum atomic E-state index is 6.34. The Morgan fingerprint density at radius 2 is 1.66 bits per heavy atom. The van der Waals surface area contributed by atoms with Gasteiger partial charge in [0, 0.05) is 30.8 Å². The summed E-state index contributed by atoms with van der Waals surface area (Å²) in [7, 11) is 0. The molecule has 0 bridgehead atoms. The highest BCUT2D eigenvalue weighted by molar-refractivity contribution is 7.99. The second-order valence-corrected chi connectivity index (χ2v) is 8.40. The van der Waals surface area contributed by atoms with Crippen LogP contribution in [-0.4, -0.2) is 9.97 Å². The van der Waals surface area contributed by atoms with E-state index >= 15 is 0 Å². The Morgan fingerprint density at radius 3 is 2.48 bits per heavy atom. The first-order valence-corrected chi connectivity index (χ1v) is 10.4. The zero-order valence-corrected chi connectivity index (χ0v) is 17.9. The van der Waals surface area contributed by atoms with Gasteiger partial charge in [0.1, 0.15) is 12.1 Å². The van der Waals surface area contributed by atoms with Crippen molar-refractivity contribution < 1.29 is 0 Å². The zero-order valence-electron chi connectivity index (χ0n) is 14.8. The van der Waals surface area contributed by atoms with Gasteiger partial charge in [-0.1, -0.05) is 52.5 Å². The van der Waals surface area contributed by atoms with Crippen LogP contribution in [0.25, 0.3) is 10.9 Å². The molecule has 0 saturated heterocycles. The van der Waals surface area contributed by atoms with Gasteiger partial charge in [-0.15, -0.1) is 6.42 Å². The van der Waals surface area contributed by atoms with Gasteiger partial charge >= 0.3 is 0 Å². The number of halogens is 3. The lowest BCUT2D eigenvalue weighted by Crippen LogP contribution is -1.98. The lowest BCUT2D eigenvalue weighted by molar-refractivity contribution is 1.21. The third-order valence-corrected chi connectivity index (χ3v) is 6.16. The highest BCUT2D eigenvalue weighted by Gasteiger charge is 2.12. The SMILES string of the molecule is C#Cc1ccc(Sc2cc(Cl)ccc2Cl)c(Nc2ncnc3cc(Cl)ccc23)c1. The number of fused-ring (bicyclic) bond motifs is 1. The molecule has 7 heteroatoms. The fourth-order valence-corrected chi connectivity index (χ4v) is 4.32. The molecule has 1 heterocycles. The zero-order chi connectivity index (χ0) is 20.4. The van der Waals surface area contributed by atoms with Crippen LogP contribution in [0.3, 0.4) is 0 Å². The first kappa shape index (κ1) is 19.9. The van der Waals surface area contributed by atoms with Gasteiger partial charge in [0.2, 0.25) is 0 Å². The molecule has 0 aliphatic rings. The van der Waals surface area contributed by atoms with Gasteiger partial charge in [0.25, 0.3) is 0 Å². The van der Waals surface area contributed by atoms with Crippen molar-refractivity contribution in [2.75, 3.05) is 5.32 Å². The minimum atomic E-state index is 0.614. The standard InChI is InChI=1S/C22H12Cl3N3S/c1-2-13-3-8-20(29-21-11-15(24)5-7-17(21)25)19(9-13)28-22-16-6-4-14(23)10-18(16)26-12-27-22/h1,3-12H,(H,26,27,28). The van der Waals surface area contributed by atoms with E-state index in [1.54, 1.807) is 24.3 Å². The third kappa shape index (κ3) is 4.44. The monoisotopic (exact) mass is 455 g/mol. The Balaban J connectivity index is 1.77. The molecule has 0 atom stereocenters. The lowest BCUT2D eigenvalue weighted by Gasteiger charge is -2.14. The highest BCUT2D eigenvalue weighted by Crippen LogP contribution is 2.40. The van der Waals surface area contributed by atoms with Crippen molar-refractivity contribution in [2.45, 2.75) is 9.79 Å². The summed E-state index contributed by atoms with van der Waals surface area (Å²) in [5, 5.41) is 6.07. The largest absolute Gasteiger partial charge is 0.339 e. The minimum absolute atomic E-state index is 0.614. The molecule has 0 radical (unpaired) electrons. The van der Waals surface area contributed by atoms with Crippen molar-refractivity contribution in [3.05, 3.63) is 81.6 Å². The number of hydrogen-bond acceptors (Lipinski definition) is 4. The van der Waals surface area contributed by atoms with Crippen LogP contribution < -0.4 is 5.32 Å². The van der Waals surface area contributed by atoms with Crippen LogP contribution in [0.4, 0.5) is 11.5 Å². The van der Waals surface area contributed by atoms with E-state index in [0.717, 1.165) is 31.9 Å². The summed E-state index contributed by atoms with van der Waals surface area (Å²) in [6, 6.07) is 16.6. The molecule has 0 aliphatic heterocycles. The molecule has 1 N–H and O–H groups in total. The lowest BCUT2D eigenvalue weighted by atomic mass is 10.2. The molecule has 142 valence electrons. The first-order valence-electron chi connectivity index (χ1n) is 8.44. The van der Waals surface area contributed by atoms with Gasteiger partial charge in [-0.3, -0.25) is 0 Å². The van der Waals surface area contributed by atoms with Gasteiger partial charge in [0.05, 0.1) is 16.2 Å². The molecular weight excluding hydrogens is 445 g/mol. The van der Waals surface area contributed by atoms with Crippen molar-refractivity contribution in [1.29, 1.82) is 0 Å². The number of terminal acetylenes is 1. The Morgan fingerprint density at radius 1 is 0.862 bits per heavy atom. The van der Waals surface area contributed by atoms with Crippen molar-refractivity contribution >= 4 is 69.0 Å².